The van der Waals surface area contributed by atoms with Gasteiger partial charge in [0.05, 0.1) is 0 Å². The van der Waals surface area contributed by atoms with Crippen LogP contribution >= 0.6 is 7.82 Å². The molecule has 9 nitrogen and oxygen atoms in total. The highest BCUT2D eigenvalue weighted by Gasteiger charge is 2.00. The van der Waals surface area contributed by atoms with Crippen LogP contribution in [0.1, 0.15) is 0 Å². The van der Waals surface area contributed by atoms with E-state index >= 15 is 0 Å². The molecule has 10 heteroatoms. The minimum absolute atomic E-state index is 0.245. The van der Waals surface area contributed by atoms with E-state index in [0.29, 0.717) is 0 Å². The van der Waals surface area contributed by atoms with Crippen molar-refractivity contribution < 1.29 is 19.2 Å². The number of hydrogen-bond acceptors (Lipinski definition) is 5. The summed E-state index contributed by atoms with van der Waals surface area (Å²) in [6, 6.07) is 0. The zero-order chi connectivity index (χ0) is 8.91. The molecule has 0 aliphatic rings. The van der Waals surface area contributed by atoms with Crippen molar-refractivity contribution in [1.82, 2.24) is 20.6 Å². The first-order valence-corrected chi connectivity index (χ1v) is 3.73. The number of nitrogens with zero attached hydrogens (tertiary/aromatic N) is 3. The Balaban J connectivity index is 0.000000187. The Morgan fingerprint density at radius 1 is 1.45 bits per heavy atom. The van der Waals surface area contributed by atoms with E-state index in [1.54, 1.807) is 0 Å². The Morgan fingerprint density at radius 2 is 1.91 bits per heavy atom. The van der Waals surface area contributed by atoms with Gasteiger partial charge in [0.25, 0.3) is 0 Å². The molecule has 1 aromatic rings. The van der Waals surface area contributed by atoms with Crippen molar-refractivity contribution >= 4 is 13.8 Å². The normalized spacial score (nSPS) is 10.1. The van der Waals surface area contributed by atoms with Crippen molar-refractivity contribution in [3.8, 4) is 0 Å². The van der Waals surface area contributed by atoms with Crippen LogP contribution in [0.2, 0.25) is 0 Å². The van der Waals surface area contributed by atoms with E-state index in [1.807, 2.05) is 0 Å². The van der Waals surface area contributed by atoms with Crippen LogP contribution in [0.25, 0.3) is 0 Å². The maximum absolute atomic E-state index is 8.88. The molecular formula is CH6N5O4P. The Bertz CT molecular complexity index is 218. The van der Waals surface area contributed by atoms with Crippen molar-refractivity contribution in [2.24, 2.45) is 0 Å². The van der Waals surface area contributed by atoms with E-state index < -0.39 is 7.82 Å². The Hall–Kier alpha value is -1.02. The SMILES string of the molecule is Nc1nnn[nH]1.O=P(O)(O)O. The highest BCUT2D eigenvalue weighted by Crippen LogP contribution is 2.25. The smallest absolute Gasteiger partial charge is 0.367 e. The Labute approximate surface area is 60.5 Å². The van der Waals surface area contributed by atoms with Crippen molar-refractivity contribution in [3.05, 3.63) is 0 Å². The summed E-state index contributed by atoms with van der Waals surface area (Å²) >= 11 is 0. The molecule has 0 bridgehead atoms. The van der Waals surface area contributed by atoms with Crippen LogP contribution in [0.15, 0.2) is 0 Å². The summed E-state index contributed by atoms with van der Waals surface area (Å²) in [5, 5.41) is 11.9. The van der Waals surface area contributed by atoms with Crippen LogP contribution in [0, 0.1) is 0 Å². The first-order chi connectivity index (χ1) is 4.89. The van der Waals surface area contributed by atoms with Crippen LogP contribution in [0.5, 0.6) is 0 Å². The highest BCUT2D eigenvalue weighted by atomic mass is 31.2. The van der Waals surface area contributed by atoms with E-state index in [9.17, 15) is 0 Å². The van der Waals surface area contributed by atoms with Crippen molar-refractivity contribution in [1.29, 1.82) is 0 Å². The molecule has 0 amide bonds. The number of phosphoric acid groups is 1. The van der Waals surface area contributed by atoms with Crippen molar-refractivity contribution in [3.63, 3.8) is 0 Å². The maximum atomic E-state index is 8.88. The monoisotopic (exact) mass is 183 g/mol. The zero-order valence-corrected chi connectivity index (χ0v) is 6.01. The van der Waals surface area contributed by atoms with Gasteiger partial charge in [-0.1, -0.05) is 5.10 Å². The summed E-state index contributed by atoms with van der Waals surface area (Å²) in [6.07, 6.45) is 0. The molecule has 0 aromatic carbocycles. The summed E-state index contributed by atoms with van der Waals surface area (Å²) in [7, 11) is -4.64. The number of nitrogens with two attached hydrogens (primary N) is 1. The number of rotatable bonds is 0. The molecular weight excluding hydrogens is 177 g/mol. The predicted octanol–water partition coefficient (Wildman–Crippen LogP) is -2.15. The van der Waals surface area contributed by atoms with Gasteiger partial charge in [-0.3, -0.25) is 0 Å². The molecule has 0 aliphatic carbocycles. The molecule has 1 aromatic heterocycles. The minimum atomic E-state index is -4.64. The second kappa shape index (κ2) is 3.98. The summed E-state index contributed by atoms with van der Waals surface area (Å²) < 4.78 is 8.88. The third-order valence-electron chi connectivity index (χ3n) is 0.362. The fourth-order valence-electron chi connectivity index (χ4n) is 0.166. The van der Waals surface area contributed by atoms with Gasteiger partial charge in [-0.05, 0) is 10.4 Å². The lowest BCUT2D eigenvalue weighted by Gasteiger charge is -1.82. The molecule has 64 valence electrons. The molecule has 0 atom stereocenters. The Kier molecular flexibility index (Phi) is 3.61. The molecule has 0 saturated heterocycles. The number of aromatic nitrogens is 4. The van der Waals surface area contributed by atoms with Gasteiger partial charge in [0.15, 0.2) is 0 Å². The molecule has 0 saturated carbocycles. The number of anilines is 1. The third kappa shape index (κ3) is 12.2. The van der Waals surface area contributed by atoms with E-state index in [-0.39, 0.29) is 5.95 Å². The topological polar surface area (TPSA) is 158 Å². The second-order valence-electron chi connectivity index (χ2n) is 1.30. The lowest BCUT2D eigenvalue weighted by molar-refractivity contribution is 0.275. The average Bonchev–Trinajstić information content (AvgIpc) is 2.12. The molecule has 0 unspecified atom stereocenters. The van der Waals surface area contributed by atoms with Crippen molar-refractivity contribution in [2.75, 3.05) is 5.73 Å². The van der Waals surface area contributed by atoms with Gasteiger partial charge >= 0.3 is 7.82 Å². The molecule has 0 aliphatic heterocycles. The number of nitrogen functional groups attached to an aromatic ring is 1. The maximum Gasteiger partial charge on any atom is 0.466 e. The largest absolute Gasteiger partial charge is 0.466 e. The zero-order valence-electron chi connectivity index (χ0n) is 5.12. The van der Waals surface area contributed by atoms with E-state index in [0.717, 1.165) is 0 Å². The minimum Gasteiger partial charge on any atom is -0.367 e. The van der Waals surface area contributed by atoms with Gasteiger partial charge in [0, 0.05) is 0 Å². The standard InChI is InChI=1S/CH3N5.H3O4P/c2-1-3-5-6-4-1;1-5(2,3)4/h(H3,2,3,4,5,6);(H3,1,2,3,4). The van der Waals surface area contributed by atoms with Crippen LogP contribution in [0.4, 0.5) is 5.95 Å². The molecule has 0 fully saturated rings. The molecule has 1 heterocycles. The Morgan fingerprint density at radius 3 is 2.00 bits per heavy atom. The quantitative estimate of drug-likeness (QED) is 0.285. The van der Waals surface area contributed by atoms with E-state index in [1.165, 1.54) is 0 Å². The van der Waals surface area contributed by atoms with Crippen molar-refractivity contribution in [2.45, 2.75) is 0 Å². The van der Waals surface area contributed by atoms with Crippen LogP contribution in [0.3, 0.4) is 0 Å². The van der Waals surface area contributed by atoms with E-state index in [2.05, 4.69) is 20.6 Å². The fraction of sp³-hybridized carbons (Fsp3) is 0. The van der Waals surface area contributed by atoms with Gasteiger partial charge in [0.1, 0.15) is 0 Å². The lowest BCUT2D eigenvalue weighted by atomic mass is 11.2. The molecule has 0 radical (unpaired) electrons. The number of H-pyrrole nitrogens is 1. The molecule has 0 spiro atoms. The number of aromatic amines is 1. The summed E-state index contributed by atoms with van der Waals surface area (Å²) in [5.41, 5.74) is 4.99. The first-order valence-electron chi connectivity index (χ1n) is 2.17. The first kappa shape index (κ1) is 9.98. The van der Waals surface area contributed by atoms with Gasteiger partial charge in [-0.25, -0.2) is 9.66 Å². The van der Waals surface area contributed by atoms with Crippen LogP contribution in [-0.4, -0.2) is 35.3 Å². The molecule has 1 rings (SSSR count). The van der Waals surface area contributed by atoms with Gasteiger partial charge in [0.2, 0.25) is 5.95 Å². The third-order valence-corrected chi connectivity index (χ3v) is 0.362. The molecule has 11 heavy (non-hydrogen) atoms. The van der Waals surface area contributed by atoms with Gasteiger partial charge < -0.3 is 20.4 Å². The van der Waals surface area contributed by atoms with E-state index in [4.69, 9.17) is 25.0 Å². The highest BCUT2D eigenvalue weighted by molar-refractivity contribution is 7.45. The average molecular weight is 183 g/mol. The number of tetrazole rings is 1. The van der Waals surface area contributed by atoms with Crippen LogP contribution in [-0.2, 0) is 4.57 Å². The number of nitrogens with one attached hydrogen (secondary N) is 1. The predicted molar refractivity (Wildman–Crippen MR) is 32.9 cm³/mol. The molecule has 6 N–H and O–H groups in total. The summed E-state index contributed by atoms with van der Waals surface area (Å²) in [5.74, 6) is 0.245. The summed E-state index contributed by atoms with van der Waals surface area (Å²) in [6.45, 7) is 0. The lowest BCUT2D eigenvalue weighted by Crippen LogP contribution is -1.84. The number of hydrogen-bond donors (Lipinski definition) is 5. The second-order valence-corrected chi connectivity index (χ2v) is 2.33. The van der Waals surface area contributed by atoms with Gasteiger partial charge in [-0.15, -0.1) is 0 Å². The van der Waals surface area contributed by atoms with Crippen LogP contribution < -0.4 is 5.73 Å². The van der Waals surface area contributed by atoms with Gasteiger partial charge in [-0.2, -0.15) is 0 Å². The fourth-order valence-corrected chi connectivity index (χ4v) is 0.166. The summed E-state index contributed by atoms with van der Waals surface area (Å²) in [4.78, 5) is 21.6.